The van der Waals surface area contributed by atoms with Crippen LogP contribution in [-0.4, -0.2) is 56.4 Å². The van der Waals surface area contributed by atoms with Crippen LogP contribution in [-0.2, 0) is 9.53 Å². The van der Waals surface area contributed by atoms with Crippen LogP contribution in [0.2, 0.25) is 0 Å². The number of anilines is 2. The third-order valence-electron chi connectivity index (χ3n) is 4.10. The lowest BCUT2D eigenvalue weighted by molar-refractivity contribution is -0.162. The first kappa shape index (κ1) is 19.9. The smallest absolute Gasteiger partial charge is 0.422 e. The predicted octanol–water partition coefficient (Wildman–Crippen LogP) is 3.16. The van der Waals surface area contributed by atoms with Crippen LogP contribution in [0.1, 0.15) is 18.4 Å². The van der Waals surface area contributed by atoms with Crippen molar-refractivity contribution in [3.05, 3.63) is 23.8 Å². The molecule has 0 aliphatic carbocycles. The number of carbonyl (C=O) groups is 2. The molecular weight excluding hydrogens is 351 g/mol. The van der Waals surface area contributed by atoms with E-state index in [0.29, 0.717) is 18.5 Å². The number of nitrogens with one attached hydrogen (secondary N) is 1. The van der Waals surface area contributed by atoms with E-state index < -0.39 is 30.8 Å². The van der Waals surface area contributed by atoms with Crippen LogP contribution in [0.5, 0.6) is 0 Å². The number of nitrogens with zero attached hydrogens (tertiary/aromatic N) is 2. The van der Waals surface area contributed by atoms with Crippen LogP contribution in [0.15, 0.2) is 18.2 Å². The van der Waals surface area contributed by atoms with Crippen molar-refractivity contribution in [1.82, 2.24) is 4.90 Å². The van der Waals surface area contributed by atoms with Crippen LogP contribution in [0, 0.1) is 6.92 Å². The number of carbonyl (C=O) groups excluding carboxylic acids is 2. The van der Waals surface area contributed by atoms with Gasteiger partial charge < -0.3 is 15.0 Å². The SMILES string of the molecule is Cc1cc(NC(=O)C2CCCN2C(=O)OCC(F)(F)F)ccc1N(C)C. The maximum absolute atomic E-state index is 12.5. The van der Waals surface area contributed by atoms with E-state index in [2.05, 4.69) is 10.1 Å². The molecular formula is C17H22F3N3O3. The first-order chi connectivity index (χ1) is 12.1. The molecule has 1 fully saturated rings. The number of hydrogen-bond donors (Lipinski definition) is 1. The van der Waals surface area contributed by atoms with Gasteiger partial charge in [0.05, 0.1) is 0 Å². The third kappa shape index (κ3) is 5.03. The van der Waals surface area contributed by atoms with Crippen molar-refractivity contribution < 1.29 is 27.5 Å². The predicted molar refractivity (Wildman–Crippen MR) is 91.3 cm³/mol. The van der Waals surface area contributed by atoms with Crippen LogP contribution >= 0.6 is 0 Å². The number of halogens is 3. The van der Waals surface area contributed by atoms with Crippen molar-refractivity contribution in [3.63, 3.8) is 0 Å². The van der Waals surface area contributed by atoms with Gasteiger partial charge >= 0.3 is 12.3 Å². The summed E-state index contributed by atoms with van der Waals surface area (Å²) >= 11 is 0. The highest BCUT2D eigenvalue weighted by Crippen LogP contribution is 2.24. The molecule has 26 heavy (non-hydrogen) atoms. The summed E-state index contributed by atoms with van der Waals surface area (Å²) < 4.78 is 40.8. The number of rotatable bonds is 4. The largest absolute Gasteiger partial charge is 0.440 e. The molecule has 1 N–H and O–H groups in total. The maximum Gasteiger partial charge on any atom is 0.422 e. The Hall–Kier alpha value is -2.45. The summed E-state index contributed by atoms with van der Waals surface area (Å²) in [4.78, 5) is 27.3. The normalized spacial score (nSPS) is 17.2. The second-order valence-electron chi connectivity index (χ2n) is 6.41. The highest BCUT2D eigenvalue weighted by molar-refractivity contribution is 5.97. The average molecular weight is 373 g/mol. The standard InChI is InChI=1S/C17H22F3N3O3/c1-11-9-12(6-7-13(11)22(2)3)21-15(24)14-5-4-8-23(14)16(25)26-10-17(18,19)20/h6-7,9,14H,4-5,8,10H2,1-3H3,(H,21,24). The number of aryl methyl sites for hydroxylation is 1. The summed E-state index contributed by atoms with van der Waals surface area (Å²) in [6, 6.07) is 4.55. The second kappa shape index (κ2) is 7.84. The average Bonchev–Trinajstić information content (AvgIpc) is 3.01. The van der Waals surface area contributed by atoms with Crippen molar-refractivity contribution in [1.29, 1.82) is 0 Å². The zero-order chi connectivity index (χ0) is 19.5. The fourth-order valence-corrected chi connectivity index (χ4v) is 2.94. The molecule has 2 amide bonds. The molecule has 0 saturated carbocycles. The third-order valence-corrected chi connectivity index (χ3v) is 4.10. The van der Waals surface area contributed by atoms with Gasteiger partial charge in [-0.05, 0) is 43.5 Å². The molecule has 0 spiro atoms. The van der Waals surface area contributed by atoms with Crippen LogP contribution in [0.25, 0.3) is 0 Å². The summed E-state index contributed by atoms with van der Waals surface area (Å²) in [7, 11) is 3.81. The second-order valence-corrected chi connectivity index (χ2v) is 6.41. The topological polar surface area (TPSA) is 61.9 Å². The number of benzene rings is 1. The fourth-order valence-electron chi connectivity index (χ4n) is 2.94. The summed E-state index contributed by atoms with van der Waals surface area (Å²) in [6.07, 6.45) is -4.82. The van der Waals surface area contributed by atoms with Crippen LogP contribution in [0.3, 0.4) is 0 Å². The van der Waals surface area contributed by atoms with Gasteiger partial charge in [0.1, 0.15) is 6.04 Å². The minimum atomic E-state index is -4.60. The molecule has 1 aliphatic rings. The molecule has 0 bridgehead atoms. The minimum Gasteiger partial charge on any atom is -0.440 e. The van der Waals surface area contributed by atoms with E-state index in [9.17, 15) is 22.8 Å². The van der Waals surface area contributed by atoms with Crippen molar-refractivity contribution in [3.8, 4) is 0 Å². The van der Waals surface area contributed by atoms with Gasteiger partial charge in [0.2, 0.25) is 5.91 Å². The number of ether oxygens (including phenoxy) is 1. The van der Waals surface area contributed by atoms with Gasteiger partial charge in [0, 0.05) is 32.0 Å². The van der Waals surface area contributed by atoms with Gasteiger partial charge in [0.15, 0.2) is 6.61 Å². The Morgan fingerprint density at radius 2 is 2.04 bits per heavy atom. The molecule has 1 aromatic carbocycles. The van der Waals surface area contributed by atoms with E-state index in [1.54, 1.807) is 12.1 Å². The lowest BCUT2D eigenvalue weighted by Crippen LogP contribution is -2.44. The van der Waals surface area contributed by atoms with E-state index in [1.165, 1.54) is 0 Å². The zero-order valence-electron chi connectivity index (χ0n) is 14.9. The lowest BCUT2D eigenvalue weighted by Gasteiger charge is -2.24. The Morgan fingerprint density at radius 1 is 1.35 bits per heavy atom. The summed E-state index contributed by atoms with van der Waals surface area (Å²) in [5.41, 5.74) is 2.52. The molecule has 0 radical (unpaired) electrons. The molecule has 9 heteroatoms. The van der Waals surface area contributed by atoms with Gasteiger partial charge in [-0.15, -0.1) is 0 Å². The highest BCUT2D eigenvalue weighted by Gasteiger charge is 2.37. The number of amides is 2. The zero-order valence-corrected chi connectivity index (χ0v) is 14.9. The van der Waals surface area contributed by atoms with Crippen molar-refractivity contribution in [2.75, 3.05) is 37.5 Å². The van der Waals surface area contributed by atoms with E-state index in [4.69, 9.17) is 0 Å². The molecule has 1 aliphatic heterocycles. The first-order valence-electron chi connectivity index (χ1n) is 8.17. The van der Waals surface area contributed by atoms with Crippen LogP contribution in [0.4, 0.5) is 29.3 Å². The monoisotopic (exact) mass is 373 g/mol. The van der Waals surface area contributed by atoms with E-state index in [0.717, 1.165) is 16.2 Å². The lowest BCUT2D eigenvalue weighted by atomic mass is 10.1. The Morgan fingerprint density at radius 3 is 2.62 bits per heavy atom. The molecule has 1 atom stereocenters. The van der Waals surface area contributed by atoms with Crippen molar-refractivity contribution in [2.45, 2.75) is 32.0 Å². The highest BCUT2D eigenvalue weighted by atomic mass is 19.4. The number of alkyl halides is 3. The molecule has 144 valence electrons. The molecule has 0 aromatic heterocycles. The van der Waals surface area contributed by atoms with E-state index in [1.807, 2.05) is 32.0 Å². The van der Waals surface area contributed by atoms with E-state index in [-0.39, 0.29) is 6.54 Å². The molecule has 1 saturated heterocycles. The number of hydrogen-bond acceptors (Lipinski definition) is 4. The van der Waals surface area contributed by atoms with Gasteiger partial charge in [0.25, 0.3) is 0 Å². The van der Waals surface area contributed by atoms with Crippen LogP contribution < -0.4 is 10.2 Å². The van der Waals surface area contributed by atoms with Gasteiger partial charge in [-0.25, -0.2) is 4.79 Å². The van der Waals surface area contributed by atoms with Crippen molar-refractivity contribution in [2.24, 2.45) is 0 Å². The molecule has 1 aromatic rings. The fraction of sp³-hybridized carbons (Fsp3) is 0.529. The summed E-state index contributed by atoms with van der Waals surface area (Å²) in [5, 5.41) is 2.72. The Labute approximate surface area is 149 Å². The summed E-state index contributed by atoms with van der Waals surface area (Å²) in [5.74, 6) is -0.441. The molecule has 2 rings (SSSR count). The molecule has 1 unspecified atom stereocenters. The van der Waals surface area contributed by atoms with Crippen molar-refractivity contribution >= 4 is 23.4 Å². The summed E-state index contributed by atoms with van der Waals surface area (Å²) in [6.45, 7) is 0.427. The van der Waals surface area contributed by atoms with E-state index >= 15 is 0 Å². The maximum atomic E-state index is 12.5. The molecule has 1 heterocycles. The Kier molecular flexibility index (Phi) is 5.99. The minimum absolute atomic E-state index is 0.188. The number of likely N-dealkylation sites (tertiary alicyclic amines) is 1. The van der Waals surface area contributed by atoms with Gasteiger partial charge in [-0.2, -0.15) is 13.2 Å². The Balaban J connectivity index is 2.01. The van der Waals surface area contributed by atoms with Gasteiger partial charge in [-0.3, -0.25) is 9.69 Å². The Bertz CT molecular complexity index is 677. The van der Waals surface area contributed by atoms with Gasteiger partial charge in [-0.1, -0.05) is 0 Å². The first-order valence-corrected chi connectivity index (χ1v) is 8.17. The molecule has 6 nitrogen and oxygen atoms in total. The quantitative estimate of drug-likeness (QED) is 0.881.